The van der Waals surface area contributed by atoms with Gasteiger partial charge in [0.25, 0.3) is 5.91 Å². The lowest BCUT2D eigenvalue weighted by Gasteiger charge is -2.27. The summed E-state index contributed by atoms with van der Waals surface area (Å²) in [5, 5.41) is 3.52. The van der Waals surface area contributed by atoms with Gasteiger partial charge < -0.3 is 19.9 Å². The van der Waals surface area contributed by atoms with Crippen LogP contribution in [0.25, 0.3) is 0 Å². The summed E-state index contributed by atoms with van der Waals surface area (Å²) in [5.41, 5.74) is 2.54. The van der Waals surface area contributed by atoms with Crippen molar-refractivity contribution in [3.63, 3.8) is 0 Å². The molecule has 39 heavy (non-hydrogen) atoms. The van der Waals surface area contributed by atoms with Crippen LogP contribution in [0.4, 0.5) is 22.0 Å². The molecule has 3 atom stereocenters. The molecule has 1 N–H and O–H groups in total. The van der Waals surface area contributed by atoms with Gasteiger partial charge in [-0.1, -0.05) is 6.07 Å². The van der Waals surface area contributed by atoms with Gasteiger partial charge in [-0.25, -0.2) is 14.7 Å². The standard InChI is InChI=1S/C30H33N5O4/c1-29(2)27(37)35(19-5-6-22-23(12-19)33(16-30(22)8-9-30)26(36)18-3-4-18)28(38)34(29)13-17-7-10-31-24(11-17)32-25-20-14-39-15-21(20)25/h5-7,10-12,18,20-21,25H,3-4,8-9,13-16H2,1-2H3,(H,31,32)/t20-,21+,25?. The van der Waals surface area contributed by atoms with Crippen LogP contribution in [0.5, 0.6) is 0 Å². The van der Waals surface area contributed by atoms with E-state index in [9.17, 15) is 14.4 Å². The fourth-order valence-corrected chi connectivity index (χ4v) is 6.92. The summed E-state index contributed by atoms with van der Waals surface area (Å²) in [6.45, 7) is 6.21. The van der Waals surface area contributed by atoms with E-state index in [0.717, 1.165) is 56.0 Å². The fourth-order valence-electron chi connectivity index (χ4n) is 6.92. The number of rotatable bonds is 6. The molecular weight excluding hydrogens is 494 g/mol. The number of nitrogens with one attached hydrogen (secondary N) is 1. The Kier molecular flexibility index (Phi) is 4.69. The molecule has 4 amide bonds. The minimum absolute atomic E-state index is 0.0575. The maximum absolute atomic E-state index is 13.8. The second kappa shape index (κ2) is 7.81. The van der Waals surface area contributed by atoms with Gasteiger partial charge in [-0.2, -0.15) is 0 Å². The molecule has 2 aromatic rings. The Morgan fingerprint density at radius 2 is 1.87 bits per heavy atom. The van der Waals surface area contributed by atoms with Crippen molar-refractivity contribution in [1.82, 2.24) is 9.88 Å². The van der Waals surface area contributed by atoms with Gasteiger partial charge in [0.15, 0.2) is 0 Å². The molecule has 1 aromatic heterocycles. The van der Waals surface area contributed by atoms with E-state index in [1.165, 1.54) is 10.5 Å². The molecule has 2 saturated heterocycles. The van der Waals surface area contributed by atoms with Gasteiger partial charge in [0.1, 0.15) is 11.4 Å². The van der Waals surface area contributed by atoms with Crippen molar-refractivity contribution in [1.29, 1.82) is 0 Å². The van der Waals surface area contributed by atoms with Gasteiger partial charge >= 0.3 is 6.03 Å². The minimum Gasteiger partial charge on any atom is -0.381 e. The van der Waals surface area contributed by atoms with E-state index in [0.29, 0.717) is 36.7 Å². The summed E-state index contributed by atoms with van der Waals surface area (Å²) >= 11 is 0. The van der Waals surface area contributed by atoms with Crippen molar-refractivity contribution >= 4 is 35.0 Å². The summed E-state index contributed by atoms with van der Waals surface area (Å²) in [4.78, 5) is 50.0. The first-order chi connectivity index (χ1) is 18.8. The fraction of sp³-hybridized carbons (Fsp3) is 0.533. The van der Waals surface area contributed by atoms with Gasteiger partial charge in [0.05, 0.1) is 18.9 Å². The third-order valence-electron chi connectivity index (χ3n) is 9.86. The zero-order valence-corrected chi connectivity index (χ0v) is 22.4. The molecule has 1 spiro atoms. The number of fused-ring (bicyclic) bond motifs is 3. The maximum atomic E-state index is 13.8. The molecule has 3 saturated carbocycles. The molecule has 9 nitrogen and oxygen atoms in total. The van der Waals surface area contributed by atoms with Crippen molar-refractivity contribution in [2.45, 2.75) is 63.1 Å². The number of ether oxygens (including phenoxy) is 1. The first kappa shape index (κ1) is 23.4. The van der Waals surface area contributed by atoms with E-state index >= 15 is 0 Å². The van der Waals surface area contributed by atoms with Crippen molar-refractivity contribution in [3.8, 4) is 0 Å². The van der Waals surface area contributed by atoms with Crippen LogP contribution in [-0.4, -0.2) is 59.1 Å². The maximum Gasteiger partial charge on any atom is 0.332 e. The monoisotopic (exact) mass is 527 g/mol. The number of hydrogen-bond acceptors (Lipinski definition) is 6. The number of urea groups is 1. The largest absolute Gasteiger partial charge is 0.381 e. The number of anilines is 3. The van der Waals surface area contributed by atoms with Crippen molar-refractivity contribution < 1.29 is 19.1 Å². The first-order valence-corrected chi connectivity index (χ1v) is 14.2. The van der Waals surface area contributed by atoms with Crippen LogP contribution in [0.3, 0.4) is 0 Å². The molecule has 6 aliphatic rings. The Balaban J connectivity index is 1.06. The highest BCUT2D eigenvalue weighted by molar-refractivity contribution is 6.23. The quantitative estimate of drug-likeness (QED) is 0.576. The molecule has 4 heterocycles. The van der Waals surface area contributed by atoms with E-state index in [1.54, 1.807) is 24.9 Å². The predicted molar refractivity (Wildman–Crippen MR) is 144 cm³/mol. The van der Waals surface area contributed by atoms with Gasteiger partial charge in [0, 0.05) is 54.2 Å². The van der Waals surface area contributed by atoms with Crippen LogP contribution in [0.1, 0.15) is 50.7 Å². The SMILES string of the molecule is CC1(C)C(=O)N(c2ccc3c(c2)N(C(=O)C2CC2)CC32CC2)C(=O)N1Cc1ccnc(NC2[C@H]3COC[C@@H]23)c1. The molecule has 3 aliphatic heterocycles. The molecule has 0 bridgehead atoms. The van der Waals surface area contributed by atoms with E-state index in [2.05, 4.69) is 10.3 Å². The summed E-state index contributed by atoms with van der Waals surface area (Å²) in [6.07, 6.45) is 5.81. The van der Waals surface area contributed by atoms with Crippen molar-refractivity contribution in [2.75, 3.05) is 34.9 Å². The van der Waals surface area contributed by atoms with Crippen LogP contribution < -0.4 is 15.1 Å². The predicted octanol–water partition coefficient (Wildman–Crippen LogP) is 3.67. The highest BCUT2D eigenvalue weighted by Crippen LogP contribution is 2.58. The van der Waals surface area contributed by atoms with Crippen molar-refractivity contribution in [3.05, 3.63) is 47.7 Å². The topological polar surface area (TPSA) is 95.1 Å². The molecule has 5 fully saturated rings. The lowest BCUT2D eigenvalue weighted by molar-refractivity contribution is -0.123. The molecule has 202 valence electrons. The molecule has 1 aromatic carbocycles. The Hall–Kier alpha value is -3.46. The lowest BCUT2D eigenvalue weighted by Crippen LogP contribution is -2.43. The van der Waals surface area contributed by atoms with Crippen LogP contribution in [-0.2, 0) is 26.3 Å². The lowest BCUT2D eigenvalue weighted by atomic mass is 9.98. The zero-order chi connectivity index (χ0) is 26.7. The number of imide groups is 1. The Morgan fingerprint density at radius 1 is 1.10 bits per heavy atom. The Morgan fingerprint density at radius 3 is 2.59 bits per heavy atom. The highest BCUT2D eigenvalue weighted by Gasteiger charge is 2.56. The summed E-state index contributed by atoms with van der Waals surface area (Å²) < 4.78 is 5.49. The Bertz CT molecular complexity index is 1420. The van der Waals surface area contributed by atoms with Crippen LogP contribution in [0.2, 0.25) is 0 Å². The molecule has 3 aliphatic carbocycles. The number of amides is 4. The smallest absolute Gasteiger partial charge is 0.332 e. The molecule has 0 radical (unpaired) electrons. The van der Waals surface area contributed by atoms with E-state index in [-0.39, 0.29) is 29.2 Å². The van der Waals surface area contributed by atoms with Gasteiger partial charge in [-0.05, 0) is 74.9 Å². The van der Waals surface area contributed by atoms with E-state index in [4.69, 9.17) is 4.74 Å². The highest BCUT2D eigenvalue weighted by atomic mass is 16.5. The van der Waals surface area contributed by atoms with Gasteiger partial charge in [0.2, 0.25) is 5.91 Å². The van der Waals surface area contributed by atoms with Gasteiger partial charge in [-0.3, -0.25) is 9.59 Å². The van der Waals surface area contributed by atoms with Crippen LogP contribution >= 0.6 is 0 Å². The molecule has 8 rings (SSSR count). The summed E-state index contributed by atoms with van der Waals surface area (Å²) in [6, 6.07) is 9.72. The average molecular weight is 528 g/mol. The second-order valence-electron chi connectivity index (χ2n) is 12.8. The number of aromatic nitrogens is 1. The number of carbonyl (C=O) groups is 3. The average Bonchev–Trinajstić information content (AvgIpc) is 3.88. The number of carbonyl (C=O) groups excluding carboxylic acids is 3. The number of nitrogens with zero attached hydrogens (tertiary/aromatic N) is 4. The van der Waals surface area contributed by atoms with E-state index < -0.39 is 5.54 Å². The second-order valence-corrected chi connectivity index (χ2v) is 12.8. The molecule has 1 unspecified atom stereocenters. The van der Waals surface area contributed by atoms with Crippen LogP contribution in [0, 0.1) is 17.8 Å². The third-order valence-corrected chi connectivity index (χ3v) is 9.86. The van der Waals surface area contributed by atoms with Crippen molar-refractivity contribution in [2.24, 2.45) is 17.8 Å². The third kappa shape index (κ3) is 3.48. The first-order valence-electron chi connectivity index (χ1n) is 14.2. The van der Waals surface area contributed by atoms with E-state index in [1.807, 2.05) is 35.2 Å². The minimum atomic E-state index is -1.01. The molecular formula is C30H33N5O4. The van der Waals surface area contributed by atoms with Gasteiger partial charge in [-0.15, -0.1) is 0 Å². The number of hydrogen-bond donors (Lipinski definition) is 1. The summed E-state index contributed by atoms with van der Waals surface area (Å²) in [5.74, 6) is 1.93. The summed E-state index contributed by atoms with van der Waals surface area (Å²) in [7, 11) is 0. The zero-order valence-electron chi connectivity index (χ0n) is 22.4. The Labute approximate surface area is 227 Å². The number of pyridine rings is 1. The normalized spacial score (nSPS) is 29.2. The van der Waals surface area contributed by atoms with Crippen LogP contribution in [0.15, 0.2) is 36.5 Å². The number of benzene rings is 1. The molecule has 9 heteroatoms.